The Labute approximate surface area is 186 Å². The van der Waals surface area contributed by atoms with E-state index in [1.807, 2.05) is 91.0 Å². The van der Waals surface area contributed by atoms with Gasteiger partial charge in [-0.2, -0.15) is 0 Å². The van der Waals surface area contributed by atoms with E-state index in [0.717, 1.165) is 44.9 Å². The van der Waals surface area contributed by atoms with E-state index in [0.29, 0.717) is 0 Å². The van der Waals surface area contributed by atoms with Crippen LogP contribution in [-0.2, 0) is 17.3 Å². The molecule has 0 aliphatic carbocycles. The molecule has 2 aromatic heterocycles. The molecule has 4 nitrogen and oxygen atoms in total. The molecule has 6 heteroatoms. The third-order valence-electron chi connectivity index (χ3n) is 4.10. The van der Waals surface area contributed by atoms with Crippen molar-refractivity contribution in [2.24, 2.45) is 0 Å². The third kappa shape index (κ3) is 5.75. The SMILES string of the molecule is C=C(/C=C\C=C(/C)c1nc2ccccc2[nH]1)c1nc2ccccc2[nH]1.[CH3-].[CH3-].[Cl][Ru+2]. The van der Waals surface area contributed by atoms with Crippen molar-refractivity contribution >= 4 is 42.9 Å². The van der Waals surface area contributed by atoms with Gasteiger partial charge in [-0.3, -0.25) is 0 Å². The number of aromatic nitrogens is 4. The van der Waals surface area contributed by atoms with Crippen LogP contribution in [0.4, 0.5) is 0 Å². The van der Waals surface area contributed by atoms with Crippen molar-refractivity contribution in [1.82, 2.24) is 19.9 Å². The van der Waals surface area contributed by atoms with Crippen LogP contribution < -0.4 is 0 Å². The van der Waals surface area contributed by atoms with Gasteiger partial charge < -0.3 is 24.8 Å². The van der Waals surface area contributed by atoms with Gasteiger partial charge >= 0.3 is 27.0 Å². The molecule has 0 atom stereocenters. The minimum atomic E-state index is 0. The summed E-state index contributed by atoms with van der Waals surface area (Å²) in [6.45, 7) is 6.13. The molecule has 151 valence electrons. The summed E-state index contributed by atoms with van der Waals surface area (Å²) in [4.78, 5) is 15.8. The number of hydrogen-bond acceptors (Lipinski definition) is 2. The molecule has 0 saturated heterocycles. The number of H-pyrrole nitrogens is 2. The van der Waals surface area contributed by atoms with Gasteiger partial charge in [-0.1, -0.05) is 49.1 Å². The van der Waals surface area contributed by atoms with Gasteiger partial charge in [0.05, 0.1) is 22.1 Å². The number of imidazole rings is 2. The average Bonchev–Trinajstić information content (AvgIpc) is 3.33. The van der Waals surface area contributed by atoms with Crippen LogP contribution in [0.15, 0.2) is 73.3 Å². The first-order valence-corrected chi connectivity index (χ1v) is 10.5. The molecule has 0 saturated carbocycles. The predicted molar refractivity (Wildman–Crippen MR) is 123 cm³/mol. The number of allylic oxidation sites excluding steroid dienone is 5. The fraction of sp³-hybridized carbons (Fsp3) is 0.0435. The van der Waals surface area contributed by atoms with Crippen LogP contribution in [0.1, 0.15) is 18.6 Å². The molecule has 2 N–H and O–H groups in total. The summed E-state index contributed by atoms with van der Waals surface area (Å²) in [6, 6.07) is 16.0. The average molecular weight is 493 g/mol. The number of halogens is 1. The minimum absolute atomic E-state index is 0. The van der Waals surface area contributed by atoms with Crippen LogP contribution in [0.25, 0.3) is 33.2 Å². The molecular formula is C23H24ClN4Ru. The summed E-state index contributed by atoms with van der Waals surface area (Å²) in [5, 5.41) is 0. The summed E-state index contributed by atoms with van der Waals surface area (Å²) in [5.41, 5.74) is 5.87. The van der Waals surface area contributed by atoms with Gasteiger partial charge in [0.25, 0.3) is 0 Å². The normalized spacial score (nSPS) is 10.9. The molecule has 0 bridgehead atoms. The van der Waals surface area contributed by atoms with Gasteiger partial charge in [0.2, 0.25) is 0 Å². The van der Waals surface area contributed by atoms with Crippen molar-refractivity contribution in [2.45, 2.75) is 6.92 Å². The Kier molecular flexibility index (Phi) is 9.74. The molecule has 0 amide bonds. The van der Waals surface area contributed by atoms with Gasteiger partial charge in [0.15, 0.2) is 0 Å². The predicted octanol–water partition coefficient (Wildman–Crippen LogP) is 6.70. The molecule has 29 heavy (non-hydrogen) atoms. The number of nitrogens with zero attached hydrogens (tertiary/aromatic N) is 2. The van der Waals surface area contributed by atoms with E-state index in [1.54, 1.807) is 0 Å². The molecule has 4 aromatic rings. The summed E-state index contributed by atoms with van der Waals surface area (Å²) >= 11 is 1.82. The number of para-hydroxylation sites is 4. The molecule has 2 aromatic carbocycles. The number of aromatic amines is 2. The second kappa shape index (κ2) is 11.5. The van der Waals surface area contributed by atoms with E-state index in [-0.39, 0.29) is 14.9 Å². The summed E-state index contributed by atoms with van der Waals surface area (Å²) in [6.07, 6.45) is 5.94. The van der Waals surface area contributed by atoms with Crippen molar-refractivity contribution in [3.63, 3.8) is 0 Å². The van der Waals surface area contributed by atoms with Crippen molar-refractivity contribution in [2.75, 3.05) is 0 Å². The first-order chi connectivity index (χ1) is 13.2. The van der Waals surface area contributed by atoms with Gasteiger partial charge in [0, 0.05) is 5.57 Å². The second-order valence-electron chi connectivity index (χ2n) is 5.94. The fourth-order valence-electron chi connectivity index (χ4n) is 2.71. The molecule has 0 spiro atoms. The van der Waals surface area contributed by atoms with Crippen molar-refractivity contribution in [3.05, 3.63) is 99.8 Å². The maximum absolute atomic E-state index is 4.60. The van der Waals surface area contributed by atoms with Gasteiger partial charge in [-0.25, -0.2) is 9.97 Å². The summed E-state index contributed by atoms with van der Waals surface area (Å²) in [5.74, 6) is 1.66. The van der Waals surface area contributed by atoms with Crippen LogP contribution >= 0.6 is 9.69 Å². The second-order valence-corrected chi connectivity index (χ2v) is 5.94. The Morgan fingerprint density at radius 2 is 1.38 bits per heavy atom. The van der Waals surface area contributed by atoms with Crippen LogP contribution in [0.5, 0.6) is 0 Å². The van der Waals surface area contributed by atoms with Gasteiger partial charge in [0.1, 0.15) is 11.6 Å². The molecule has 0 aliphatic rings. The maximum atomic E-state index is 4.60. The topological polar surface area (TPSA) is 57.4 Å². The quantitative estimate of drug-likeness (QED) is 0.189. The van der Waals surface area contributed by atoms with Crippen LogP contribution in [0.2, 0.25) is 0 Å². The Balaban J connectivity index is 0.00000102. The van der Waals surface area contributed by atoms with Gasteiger partial charge in [-0.05, 0) is 36.8 Å². The number of hydrogen-bond donors (Lipinski definition) is 2. The molecule has 0 radical (unpaired) electrons. The Morgan fingerprint density at radius 3 is 1.93 bits per heavy atom. The zero-order valence-electron chi connectivity index (χ0n) is 16.7. The molecule has 2 heterocycles. The molecule has 0 aliphatic heterocycles. The Bertz CT molecular complexity index is 1070. The van der Waals surface area contributed by atoms with Crippen LogP contribution in [-0.4, -0.2) is 19.9 Å². The number of benzene rings is 2. The fourth-order valence-corrected chi connectivity index (χ4v) is 2.71. The summed E-state index contributed by atoms with van der Waals surface area (Å²) < 4.78 is 0. The van der Waals surface area contributed by atoms with E-state index in [4.69, 9.17) is 0 Å². The standard InChI is InChI=1S/C21H18N4.2CH3.ClH.Ru/c1-14(20-22-16-10-3-4-11-17(16)23-20)8-7-9-15(2)21-24-18-12-5-6-13-19(18)25-21;;;;/h3-13H,1H2,2H3,(H,22,23)(H,24,25);2*1H3;1H;/q;2*-1;;+3/p-1/b8-7-,15-9+;;;;. The van der Waals surface area contributed by atoms with Crippen LogP contribution in [0, 0.1) is 14.9 Å². The van der Waals surface area contributed by atoms with Crippen molar-refractivity contribution in [3.8, 4) is 0 Å². The van der Waals surface area contributed by atoms with E-state index in [2.05, 4.69) is 36.2 Å². The van der Waals surface area contributed by atoms with Crippen molar-refractivity contribution < 1.29 is 17.3 Å². The first-order valence-electron chi connectivity index (χ1n) is 8.28. The molecule has 0 unspecified atom stereocenters. The van der Waals surface area contributed by atoms with Gasteiger partial charge in [-0.15, -0.1) is 0 Å². The zero-order chi connectivity index (χ0) is 19.2. The van der Waals surface area contributed by atoms with Crippen LogP contribution in [0.3, 0.4) is 0 Å². The number of fused-ring (bicyclic) bond motifs is 2. The third-order valence-corrected chi connectivity index (χ3v) is 4.10. The molecule has 4 rings (SSSR count). The Hall–Kier alpha value is -2.49. The Morgan fingerprint density at radius 1 is 0.897 bits per heavy atom. The number of nitrogens with one attached hydrogen (secondary N) is 2. The monoisotopic (exact) mass is 493 g/mol. The molecule has 0 fully saturated rings. The van der Waals surface area contributed by atoms with E-state index in [9.17, 15) is 0 Å². The first kappa shape index (κ1) is 24.6. The zero-order valence-corrected chi connectivity index (χ0v) is 19.2. The molecular weight excluding hydrogens is 469 g/mol. The van der Waals surface area contributed by atoms with E-state index < -0.39 is 0 Å². The van der Waals surface area contributed by atoms with Crippen molar-refractivity contribution in [1.29, 1.82) is 0 Å². The van der Waals surface area contributed by atoms with E-state index >= 15 is 0 Å². The van der Waals surface area contributed by atoms with E-state index in [1.165, 1.54) is 0 Å². The summed E-state index contributed by atoms with van der Waals surface area (Å²) in [7, 11) is 4.57. The number of rotatable bonds is 4.